The Bertz CT molecular complexity index is 411. The smallest absolute Gasteiger partial charge is 0.0594 e. The number of ether oxygens (including phenoxy) is 1. The molecule has 1 aromatic carbocycles. The summed E-state index contributed by atoms with van der Waals surface area (Å²) in [5, 5.41) is 3.43. The monoisotopic (exact) mass is 260 g/mol. The van der Waals surface area contributed by atoms with Gasteiger partial charge in [0, 0.05) is 25.3 Å². The molecule has 2 rings (SSSR count). The Morgan fingerprint density at radius 3 is 2.79 bits per heavy atom. The molecule has 1 N–H and O–H groups in total. The summed E-state index contributed by atoms with van der Waals surface area (Å²) in [4.78, 5) is 2.46. The second-order valence-corrected chi connectivity index (χ2v) is 5.03. The van der Waals surface area contributed by atoms with E-state index in [1.54, 1.807) is 0 Å². The first-order valence-electron chi connectivity index (χ1n) is 7.06. The van der Waals surface area contributed by atoms with Crippen LogP contribution in [-0.4, -0.2) is 44.3 Å². The molecule has 1 saturated heterocycles. The Kier molecular flexibility index (Phi) is 5.43. The molecular formula is C16H24N2O. The lowest BCUT2D eigenvalue weighted by Gasteiger charge is -2.26. The molecule has 1 aliphatic rings. The zero-order valence-corrected chi connectivity index (χ0v) is 11.8. The topological polar surface area (TPSA) is 24.5 Å². The van der Waals surface area contributed by atoms with Crippen LogP contribution in [0.1, 0.15) is 17.5 Å². The Balaban J connectivity index is 1.68. The minimum Gasteiger partial charge on any atom is -0.385 e. The van der Waals surface area contributed by atoms with E-state index in [2.05, 4.69) is 48.0 Å². The van der Waals surface area contributed by atoms with E-state index < -0.39 is 0 Å². The Morgan fingerprint density at radius 1 is 1.32 bits per heavy atom. The van der Waals surface area contributed by atoms with E-state index in [0.29, 0.717) is 0 Å². The number of morpholine rings is 1. The number of nitrogens with one attached hydrogen (secondary N) is 1. The van der Waals surface area contributed by atoms with Crippen molar-refractivity contribution >= 4 is 5.70 Å². The van der Waals surface area contributed by atoms with Crippen molar-refractivity contribution in [3.05, 3.63) is 42.0 Å². The van der Waals surface area contributed by atoms with Gasteiger partial charge in [-0.2, -0.15) is 0 Å². The van der Waals surface area contributed by atoms with Crippen molar-refractivity contribution in [2.45, 2.75) is 13.3 Å². The van der Waals surface area contributed by atoms with Gasteiger partial charge in [-0.1, -0.05) is 30.8 Å². The van der Waals surface area contributed by atoms with Crippen molar-refractivity contribution < 1.29 is 4.74 Å². The van der Waals surface area contributed by atoms with Gasteiger partial charge in [0.25, 0.3) is 0 Å². The minimum atomic E-state index is 0.878. The van der Waals surface area contributed by atoms with Crippen molar-refractivity contribution in [1.29, 1.82) is 0 Å². The molecule has 1 heterocycles. The molecule has 1 aromatic rings. The number of nitrogens with zero attached hydrogens (tertiary/aromatic N) is 1. The van der Waals surface area contributed by atoms with E-state index in [1.807, 2.05) is 0 Å². The Hall–Kier alpha value is -1.32. The number of hydrogen-bond donors (Lipinski definition) is 1. The van der Waals surface area contributed by atoms with Crippen molar-refractivity contribution in [2.24, 2.45) is 0 Å². The fraction of sp³-hybridized carbons (Fsp3) is 0.500. The molecule has 3 heteroatoms. The highest BCUT2D eigenvalue weighted by atomic mass is 16.5. The predicted octanol–water partition coefficient (Wildman–Crippen LogP) is 2.28. The van der Waals surface area contributed by atoms with Gasteiger partial charge in [-0.3, -0.25) is 4.90 Å². The molecule has 19 heavy (non-hydrogen) atoms. The fourth-order valence-electron chi connectivity index (χ4n) is 2.37. The first-order chi connectivity index (χ1) is 9.27. The molecule has 0 spiro atoms. The molecule has 0 saturated carbocycles. The predicted molar refractivity (Wildman–Crippen MR) is 80.1 cm³/mol. The number of rotatable bonds is 6. The summed E-state index contributed by atoms with van der Waals surface area (Å²) in [6.07, 6.45) is 1.14. The maximum absolute atomic E-state index is 5.34. The highest BCUT2D eigenvalue weighted by Crippen LogP contribution is 2.14. The summed E-state index contributed by atoms with van der Waals surface area (Å²) < 4.78 is 5.34. The van der Waals surface area contributed by atoms with E-state index in [1.165, 1.54) is 11.1 Å². The van der Waals surface area contributed by atoms with Crippen LogP contribution in [0, 0.1) is 6.92 Å². The second-order valence-electron chi connectivity index (χ2n) is 5.03. The minimum absolute atomic E-state index is 0.878. The summed E-state index contributed by atoms with van der Waals surface area (Å²) in [5.74, 6) is 0. The van der Waals surface area contributed by atoms with Crippen LogP contribution >= 0.6 is 0 Å². The second kappa shape index (κ2) is 7.31. The number of hydrogen-bond acceptors (Lipinski definition) is 3. The summed E-state index contributed by atoms with van der Waals surface area (Å²) in [5.41, 5.74) is 3.52. The zero-order valence-electron chi connectivity index (χ0n) is 11.8. The quantitative estimate of drug-likeness (QED) is 0.794. The molecule has 1 fully saturated rings. The van der Waals surface area contributed by atoms with Crippen LogP contribution in [0.2, 0.25) is 0 Å². The molecule has 0 radical (unpaired) electrons. The van der Waals surface area contributed by atoms with Crippen LogP contribution in [0.15, 0.2) is 30.8 Å². The van der Waals surface area contributed by atoms with Crippen molar-refractivity contribution in [2.75, 3.05) is 39.4 Å². The molecule has 3 nitrogen and oxygen atoms in total. The average molecular weight is 260 g/mol. The molecule has 0 bridgehead atoms. The van der Waals surface area contributed by atoms with Crippen molar-refractivity contribution in [3.63, 3.8) is 0 Å². The standard InChI is InChI=1S/C16H24N2O/c1-14-6-3-4-7-16(14)15(2)17-8-5-9-18-10-12-19-13-11-18/h3-4,6-7,17H,2,5,8-13H2,1H3. The van der Waals surface area contributed by atoms with E-state index in [9.17, 15) is 0 Å². The molecule has 0 unspecified atom stereocenters. The van der Waals surface area contributed by atoms with E-state index in [-0.39, 0.29) is 0 Å². The lowest BCUT2D eigenvalue weighted by atomic mass is 10.1. The molecule has 104 valence electrons. The normalized spacial score (nSPS) is 16.3. The van der Waals surface area contributed by atoms with Gasteiger partial charge in [-0.15, -0.1) is 0 Å². The summed E-state index contributed by atoms with van der Waals surface area (Å²) in [6, 6.07) is 8.36. The third-order valence-corrected chi connectivity index (χ3v) is 3.56. The van der Waals surface area contributed by atoms with Gasteiger partial charge < -0.3 is 10.1 Å². The average Bonchev–Trinajstić information content (AvgIpc) is 2.45. The van der Waals surface area contributed by atoms with Crippen molar-refractivity contribution in [1.82, 2.24) is 10.2 Å². The van der Waals surface area contributed by atoms with E-state index in [4.69, 9.17) is 4.74 Å². The third kappa shape index (κ3) is 4.37. The van der Waals surface area contributed by atoms with Crippen LogP contribution in [0.3, 0.4) is 0 Å². The largest absolute Gasteiger partial charge is 0.385 e. The number of aryl methyl sites for hydroxylation is 1. The maximum atomic E-state index is 5.34. The molecule has 0 aliphatic carbocycles. The lowest BCUT2D eigenvalue weighted by molar-refractivity contribution is 0.0376. The highest BCUT2D eigenvalue weighted by Gasteiger charge is 2.09. The van der Waals surface area contributed by atoms with Gasteiger partial charge in [0.05, 0.1) is 13.2 Å². The zero-order chi connectivity index (χ0) is 13.5. The summed E-state index contributed by atoms with van der Waals surface area (Å²) in [6.45, 7) is 12.3. The summed E-state index contributed by atoms with van der Waals surface area (Å²) in [7, 11) is 0. The molecule has 1 aliphatic heterocycles. The highest BCUT2D eigenvalue weighted by molar-refractivity contribution is 5.64. The SMILES string of the molecule is C=C(NCCCN1CCOCC1)c1ccccc1C. The third-order valence-electron chi connectivity index (χ3n) is 3.56. The Morgan fingerprint density at radius 2 is 2.05 bits per heavy atom. The van der Waals surface area contributed by atoms with Crippen LogP contribution in [-0.2, 0) is 4.74 Å². The van der Waals surface area contributed by atoms with Gasteiger partial charge in [0.2, 0.25) is 0 Å². The van der Waals surface area contributed by atoms with Crippen LogP contribution in [0.5, 0.6) is 0 Å². The summed E-state index contributed by atoms with van der Waals surface area (Å²) >= 11 is 0. The van der Waals surface area contributed by atoms with Gasteiger partial charge >= 0.3 is 0 Å². The molecule has 0 aromatic heterocycles. The molecular weight excluding hydrogens is 236 g/mol. The lowest BCUT2D eigenvalue weighted by Crippen LogP contribution is -2.37. The molecule has 0 atom stereocenters. The van der Waals surface area contributed by atoms with Gasteiger partial charge in [-0.05, 0) is 31.0 Å². The van der Waals surface area contributed by atoms with E-state index >= 15 is 0 Å². The van der Waals surface area contributed by atoms with Crippen LogP contribution in [0.25, 0.3) is 5.70 Å². The fourth-order valence-corrected chi connectivity index (χ4v) is 2.37. The van der Waals surface area contributed by atoms with Crippen molar-refractivity contribution in [3.8, 4) is 0 Å². The number of benzene rings is 1. The first-order valence-corrected chi connectivity index (χ1v) is 7.06. The van der Waals surface area contributed by atoms with E-state index in [0.717, 1.165) is 51.5 Å². The first kappa shape index (κ1) is 14.1. The van der Waals surface area contributed by atoms with Crippen LogP contribution in [0.4, 0.5) is 0 Å². The maximum Gasteiger partial charge on any atom is 0.0594 e. The van der Waals surface area contributed by atoms with Gasteiger partial charge in [-0.25, -0.2) is 0 Å². The van der Waals surface area contributed by atoms with Gasteiger partial charge in [0.1, 0.15) is 0 Å². The van der Waals surface area contributed by atoms with Gasteiger partial charge in [0.15, 0.2) is 0 Å². The van der Waals surface area contributed by atoms with Crippen LogP contribution < -0.4 is 5.32 Å². The molecule has 0 amide bonds. The Labute approximate surface area is 116 Å².